The van der Waals surface area contributed by atoms with Crippen LogP contribution < -0.4 is 0 Å². The summed E-state index contributed by atoms with van der Waals surface area (Å²) < 4.78 is 16.4. The Morgan fingerprint density at radius 3 is 2.64 bits per heavy atom. The van der Waals surface area contributed by atoms with Gasteiger partial charge in [0.25, 0.3) is 0 Å². The van der Waals surface area contributed by atoms with Gasteiger partial charge in [-0.25, -0.2) is 0 Å². The Bertz CT molecular complexity index is 349. The molecule has 1 fully saturated rings. The average molecular weight is 314 g/mol. The van der Waals surface area contributed by atoms with Crippen LogP contribution in [0.25, 0.3) is 0 Å². The lowest BCUT2D eigenvalue weighted by atomic mass is 9.71. The lowest BCUT2D eigenvalue weighted by Crippen LogP contribution is -2.40. The molecule has 0 bridgehead atoms. The third-order valence-electron chi connectivity index (χ3n) is 4.50. The van der Waals surface area contributed by atoms with Crippen molar-refractivity contribution >= 4 is 5.97 Å². The Labute approximate surface area is 135 Å². The molecule has 0 spiro atoms. The van der Waals surface area contributed by atoms with Crippen molar-refractivity contribution in [1.29, 1.82) is 0 Å². The van der Waals surface area contributed by atoms with Gasteiger partial charge in [0.2, 0.25) is 0 Å². The minimum atomic E-state index is -0.455. The van der Waals surface area contributed by atoms with Gasteiger partial charge in [-0.05, 0) is 51.4 Å². The smallest absolute Gasteiger partial charge is 0.308 e. The molecule has 1 rings (SSSR count). The fourth-order valence-corrected chi connectivity index (χ4v) is 3.30. The summed E-state index contributed by atoms with van der Waals surface area (Å²) in [7, 11) is 1.58. The second-order valence-corrected chi connectivity index (χ2v) is 8.01. The average Bonchev–Trinajstić information content (AvgIpc) is 2.41. The lowest BCUT2D eigenvalue weighted by molar-refractivity contribution is -0.162. The van der Waals surface area contributed by atoms with E-state index in [-0.39, 0.29) is 18.7 Å². The van der Waals surface area contributed by atoms with Gasteiger partial charge in [-0.3, -0.25) is 4.79 Å². The van der Waals surface area contributed by atoms with Crippen LogP contribution in [0.2, 0.25) is 0 Å². The van der Waals surface area contributed by atoms with E-state index in [0.29, 0.717) is 24.4 Å². The zero-order chi connectivity index (χ0) is 16.8. The fraction of sp³-hybridized carbons (Fsp3) is 0.944. The first-order valence-corrected chi connectivity index (χ1v) is 8.48. The van der Waals surface area contributed by atoms with Crippen molar-refractivity contribution in [2.45, 2.75) is 78.4 Å². The fourth-order valence-electron chi connectivity index (χ4n) is 3.30. The Kier molecular flexibility index (Phi) is 7.33. The molecule has 0 radical (unpaired) electrons. The Balaban J connectivity index is 2.40. The second-order valence-electron chi connectivity index (χ2n) is 8.01. The summed E-state index contributed by atoms with van der Waals surface area (Å²) in [5.74, 6) is 0.359. The molecule has 4 nitrogen and oxygen atoms in total. The van der Waals surface area contributed by atoms with Crippen molar-refractivity contribution in [2.24, 2.45) is 11.3 Å². The van der Waals surface area contributed by atoms with Gasteiger partial charge in [-0.1, -0.05) is 20.3 Å². The van der Waals surface area contributed by atoms with Crippen LogP contribution in [0.1, 0.15) is 66.7 Å². The van der Waals surface area contributed by atoms with Crippen molar-refractivity contribution < 1.29 is 19.0 Å². The van der Waals surface area contributed by atoms with Crippen LogP contribution >= 0.6 is 0 Å². The maximum absolute atomic E-state index is 11.6. The summed E-state index contributed by atoms with van der Waals surface area (Å²) in [5, 5.41) is 0. The molecular weight excluding hydrogens is 280 g/mol. The summed E-state index contributed by atoms with van der Waals surface area (Å²) in [4.78, 5) is 11.6. The third kappa shape index (κ3) is 7.10. The van der Waals surface area contributed by atoms with Crippen LogP contribution in [-0.4, -0.2) is 38.0 Å². The van der Waals surface area contributed by atoms with E-state index in [0.717, 1.165) is 0 Å². The highest BCUT2D eigenvalue weighted by Gasteiger charge is 2.34. The van der Waals surface area contributed by atoms with Crippen LogP contribution in [0.3, 0.4) is 0 Å². The first-order valence-electron chi connectivity index (χ1n) is 8.48. The van der Waals surface area contributed by atoms with Gasteiger partial charge in [0.15, 0.2) is 0 Å². The first kappa shape index (κ1) is 19.4. The number of hydrogen-bond acceptors (Lipinski definition) is 4. The van der Waals surface area contributed by atoms with E-state index < -0.39 is 5.60 Å². The SMILES string of the molecule is COCCC(=O)OCC(C)(C)OC(C)C1CCCC(C)(C)C1. The highest BCUT2D eigenvalue weighted by Crippen LogP contribution is 2.41. The van der Waals surface area contributed by atoms with E-state index in [1.165, 1.54) is 25.7 Å². The summed E-state index contributed by atoms with van der Waals surface area (Å²) in [6, 6.07) is 0. The van der Waals surface area contributed by atoms with E-state index in [1.807, 2.05) is 13.8 Å². The number of rotatable bonds is 8. The molecule has 0 aromatic carbocycles. The molecule has 1 aliphatic rings. The zero-order valence-corrected chi connectivity index (χ0v) is 15.2. The number of ether oxygens (including phenoxy) is 3. The molecule has 130 valence electrons. The van der Waals surface area contributed by atoms with Crippen LogP contribution in [0, 0.1) is 11.3 Å². The molecule has 1 saturated carbocycles. The Morgan fingerprint density at radius 1 is 1.36 bits per heavy atom. The Hall–Kier alpha value is -0.610. The zero-order valence-electron chi connectivity index (χ0n) is 15.2. The molecule has 0 aromatic heterocycles. The van der Waals surface area contributed by atoms with E-state index in [4.69, 9.17) is 14.2 Å². The van der Waals surface area contributed by atoms with E-state index in [1.54, 1.807) is 7.11 Å². The van der Waals surface area contributed by atoms with E-state index in [9.17, 15) is 4.79 Å². The van der Waals surface area contributed by atoms with Crippen LogP contribution in [0.4, 0.5) is 0 Å². The molecule has 4 heteroatoms. The van der Waals surface area contributed by atoms with Crippen molar-refractivity contribution in [3.8, 4) is 0 Å². The van der Waals surface area contributed by atoms with Crippen LogP contribution in [-0.2, 0) is 19.0 Å². The molecule has 0 aliphatic heterocycles. The number of carbonyl (C=O) groups is 1. The van der Waals surface area contributed by atoms with Gasteiger partial charge < -0.3 is 14.2 Å². The maximum Gasteiger partial charge on any atom is 0.308 e. The topological polar surface area (TPSA) is 44.8 Å². The van der Waals surface area contributed by atoms with Gasteiger partial charge >= 0.3 is 5.97 Å². The van der Waals surface area contributed by atoms with E-state index in [2.05, 4.69) is 20.8 Å². The normalized spacial score (nSPS) is 23.1. The molecule has 0 N–H and O–H groups in total. The minimum absolute atomic E-state index is 0.187. The Morgan fingerprint density at radius 2 is 2.05 bits per heavy atom. The predicted octanol–water partition coefficient (Wildman–Crippen LogP) is 3.97. The van der Waals surface area contributed by atoms with Crippen molar-refractivity contribution in [3.63, 3.8) is 0 Å². The first-order chi connectivity index (χ1) is 10.2. The van der Waals surface area contributed by atoms with Crippen LogP contribution in [0.15, 0.2) is 0 Å². The lowest BCUT2D eigenvalue weighted by Gasteiger charge is -2.40. The number of esters is 1. The van der Waals surface area contributed by atoms with E-state index >= 15 is 0 Å². The quantitative estimate of drug-likeness (QED) is 0.636. The molecule has 2 unspecified atom stereocenters. The molecule has 0 amide bonds. The largest absolute Gasteiger partial charge is 0.463 e. The second kappa shape index (κ2) is 8.30. The molecule has 1 aliphatic carbocycles. The number of carbonyl (C=O) groups excluding carboxylic acids is 1. The van der Waals surface area contributed by atoms with Gasteiger partial charge in [0.1, 0.15) is 6.61 Å². The molecular formula is C18H34O4. The molecule has 0 aromatic rings. The molecule has 22 heavy (non-hydrogen) atoms. The summed E-state index contributed by atoms with van der Waals surface area (Å²) >= 11 is 0. The highest BCUT2D eigenvalue weighted by atomic mass is 16.6. The minimum Gasteiger partial charge on any atom is -0.463 e. The van der Waals surface area contributed by atoms with Crippen molar-refractivity contribution in [2.75, 3.05) is 20.3 Å². The highest BCUT2D eigenvalue weighted by molar-refractivity contribution is 5.69. The van der Waals surface area contributed by atoms with Crippen molar-refractivity contribution in [1.82, 2.24) is 0 Å². The monoisotopic (exact) mass is 314 g/mol. The van der Waals surface area contributed by atoms with Gasteiger partial charge in [-0.2, -0.15) is 0 Å². The van der Waals surface area contributed by atoms with Crippen molar-refractivity contribution in [3.05, 3.63) is 0 Å². The molecule has 0 saturated heterocycles. The van der Waals surface area contributed by atoms with Gasteiger partial charge in [-0.15, -0.1) is 0 Å². The molecule has 2 atom stereocenters. The summed E-state index contributed by atoms with van der Waals surface area (Å²) in [6.45, 7) is 11.5. The van der Waals surface area contributed by atoms with Crippen LogP contribution in [0.5, 0.6) is 0 Å². The third-order valence-corrected chi connectivity index (χ3v) is 4.50. The predicted molar refractivity (Wildman–Crippen MR) is 87.8 cm³/mol. The summed E-state index contributed by atoms with van der Waals surface area (Å²) in [5.41, 5.74) is -0.0406. The maximum atomic E-state index is 11.6. The number of methoxy groups -OCH3 is 1. The molecule has 0 heterocycles. The van der Waals surface area contributed by atoms with Gasteiger partial charge in [0, 0.05) is 7.11 Å². The van der Waals surface area contributed by atoms with Gasteiger partial charge in [0.05, 0.1) is 24.7 Å². The standard InChI is InChI=1S/C18H34O4/c1-14(15-8-7-10-17(2,3)12-15)22-18(4,5)13-21-16(19)9-11-20-6/h14-15H,7-13H2,1-6H3. The number of hydrogen-bond donors (Lipinski definition) is 0. The summed E-state index contributed by atoms with van der Waals surface area (Å²) in [6.07, 6.45) is 5.49.